The molecule has 1 aromatic rings. The zero-order chi connectivity index (χ0) is 15.0. The predicted molar refractivity (Wildman–Crippen MR) is 80.0 cm³/mol. The van der Waals surface area contributed by atoms with Crippen molar-refractivity contribution in [2.45, 2.75) is 64.1 Å². The minimum atomic E-state index is -3.54. The van der Waals surface area contributed by atoms with E-state index >= 15 is 0 Å². The van der Waals surface area contributed by atoms with Gasteiger partial charge in [0.15, 0.2) is 0 Å². The van der Waals surface area contributed by atoms with Crippen LogP contribution in [-0.4, -0.2) is 21.0 Å². The Hall–Kier alpha value is -0.850. The second-order valence-electron chi connectivity index (χ2n) is 5.06. The maximum absolute atomic E-state index is 12.1. The number of sulfonamides is 1. The molecule has 5 nitrogen and oxygen atoms in total. The Morgan fingerprint density at radius 3 is 2.65 bits per heavy atom. The average Bonchev–Trinajstić information content (AvgIpc) is 2.86. The van der Waals surface area contributed by atoms with Crippen LogP contribution in [0.2, 0.25) is 0 Å². The van der Waals surface area contributed by atoms with Gasteiger partial charge in [0.2, 0.25) is 5.09 Å². The van der Waals surface area contributed by atoms with Gasteiger partial charge in [-0.2, -0.15) is 0 Å². The Balaban J connectivity index is 2.59. The molecular weight excluding hydrogens is 276 g/mol. The van der Waals surface area contributed by atoms with Gasteiger partial charge in [-0.25, -0.2) is 13.1 Å². The third-order valence-electron chi connectivity index (χ3n) is 2.97. The number of rotatable bonds is 10. The molecule has 0 fully saturated rings. The molecule has 0 bridgehead atoms. The molecule has 0 aliphatic rings. The van der Waals surface area contributed by atoms with Crippen LogP contribution in [0.15, 0.2) is 21.6 Å². The number of hydrogen-bond acceptors (Lipinski definition) is 4. The zero-order valence-corrected chi connectivity index (χ0v) is 13.4. The van der Waals surface area contributed by atoms with Crippen LogP contribution in [0.25, 0.3) is 0 Å². The van der Waals surface area contributed by atoms with E-state index in [1.807, 2.05) is 6.92 Å². The van der Waals surface area contributed by atoms with Crippen molar-refractivity contribution in [2.24, 2.45) is 0 Å². The first-order chi connectivity index (χ1) is 9.49. The van der Waals surface area contributed by atoms with Crippen molar-refractivity contribution in [3.63, 3.8) is 0 Å². The lowest BCUT2D eigenvalue weighted by molar-refractivity contribution is 0.397. The van der Waals surface area contributed by atoms with Gasteiger partial charge < -0.3 is 9.73 Å². The fraction of sp³-hybridized carbons (Fsp3) is 0.714. The highest BCUT2D eigenvalue weighted by Crippen LogP contribution is 2.15. The average molecular weight is 302 g/mol. The van der Waals surface area contributed by atoms with Crippen molar-refractivity contribution < 1.29 is 12.8 Å². The molecule has 0 spiro atoms. The summed E-state index contributed by atoms with van der Waals surface area (Å²) in [5, 5.41) is 3.17. The molecule has 0 aliphatic heterocycles. The minimum Gasteiger partial charge on any atom is -0.447 e. The molecule has 0 aliphatic carbocycles. The largest absolute Gasteiger partial charge is 0.447 e. The molecule has 1 aromatic heterocycles. The molecule has 1 heterocycles. The standard InChI is InChI=1S/C14H26N2O3S/c1-4-6-7-12(3)16-20(17,18)14-9-8-13(19-14)11-15-10-5-2/h8-9,12,15-16H,4-7,10-11H2,1-3H3. The van der Waals surface area contributed by atoms with E-state index in [4.69, 9.17) is 4.42 Å². The normalized spacial score (nSPS) is 13.6. The first-order valence-corrected chi connectivity index (χ1v) is 8.79. The molecule has 6 heteroatoms. The Morgan fingerprint density at radius 1 is 1.25 bits per heavy atom. The van der Waals surface area contributed by atoms with Crippen molar-refractivity contribution in [2.75, 3.05) is 6.54 Å². The number of unbranched alkanes of at least 4 members (excludes halogenated alkanes) is 1. The first-order valence-electron chi connectivity index (χ1n) is 7.31. The summed E-state index contributed by atoms with van der Waals surface area (Å²) >= 11 is 0. The second kappa shape index (κ2) is 8.44. The quantitative estimate of drug-likeness (QED) is 0.652. The van der Waals surface area contributed by atoms with E-state index in [1.54, 1.807) is 6.07 Å². The Labute approximate surface area is 122 Å². The lowest BCUT2D eigenvalue weighted by Gasteiger charge is -2.12. The molecule has 1 atom stereocenters. The molecule has 0 saturated carbocycles. The smallest absolute Gasteiger partial charge is 0.274 e. The van der Waals surface area contributed by atoms with Crippen molar-refractivity contribution in [1.82, 2.24) is 10.0 Å². The Morgan fingerprint density at radius 2 is 2.00 bits per heavy atom. The van der Waals surface area contributed by atoms with Crippen LogP contribution in [-0.2, 0) is 16.6 Å². The van der Waals surface area contributed by atoms with Gasteiger partial charge in [-0.1, -0.05) is 26.7 Å². The van der Waals surface area contributed by atoms with Gasteiger partial charge in [-0.05, 0) is 38.4 Å². The minimum absolute atomic E-state index is 0.00542. The van der Waals surface area contributed by atoms with Gasteiger partial charge in [-0.15, -0.1) is 0 Å². The topological polar surface area (TPSA) is 71.3 Å². The summed E-state index contributed by atoms with van der Waals surface area (Å²) < 4.78 is 32.3. The summed E-state index contributed by atoms with van der Waals surface area (Å²) in [5.74, 6) is 0.639. The third-order valence-corrected chi connectivity index (χ3v) is 4.44. The fourth-order valence-corrected chi connectivity index (χ4v) is 3.11. The molecule has 0 aromatic carbocycles. The van der Waals surface area contributed by atoms with E-state index < -0.39 is 10.0 Å². The van der Waals surface area contributed by atoms with E-state index in [0.717, 1.165) is 32.2 Å². The molecule has 116 valence electrons. The van der Waals surface area contributed by atoms with Crippen molar-refractivity contribution >= 4 is 10.0 Å². The van der Waals surface area contributed by atoms with Gasteiger partial charge in [0.05, 0.1) is 6.54 Å². The number of hydrogen-bond donors (Lipinski definition) is 2. The van der Waals surface area contributed by atoms with E-state index in [9.17, 15) is 8.42 Å². The van der Waals surface area contributed by atoms with Crippen LogP contribution in [0.5, 0.6) is 0 Å². The SMILES string of the molecule is CCCCC(C)NS(=O)(=O)c1ccc(CNCCC)o1. The van der Waals surface area contributed by atoms with Crippen molar-refractivity contribution in [1.29, 1.82) is 0 Å². The molecular formula is C14H26N2O3S. The zero-order valence-electron chi connectivity index (χ0n) is 12.6. The molecule has 0 radical (unpaired) electrons. The monoisotopic (exact) mass is 302 g/mol. The highest BCUT2D eigenvalue weighted by Gasteiger charge is 2.20. The van der Waals surface area contributed by atoms with Gasteiger partial charge in [0.1, 0.15) is 5.76 Å². The summed E-state index contributed by atoms with van der Waals surface area (Å²) in [6, 6.07) is 3.14. The van der Waals surface area contributed by atoms with Crippen molar-refractivity contribution in [3.8, 4) is 0 Å². The molecule has 1 unspecified atom stereocenters. The summed E-state index contributed by atoms with van der Waals surface area (Å²) in [6.07, 6.45) is 3.93. The van der Waals surface area contributed by atoms with E-state index in [1.165, 1.54) is 6.07 Å². The van der Waals surface area contributed by atoms with Crippen LogP contribution in [0, 0.1) is 0 Å². The summed E-state index contributed by atoms with van der Waals surface area (Å²) in [4.78, 5) is 0. The second-order valence-corrected chi connectivity index (χ2v) is 6.71. The van der Waals surface area contributed by atoms with Crippen LogP contribution in [0.1, 0.15) is 52.2 Å². The number of furan rings is 1. The summed E-state index contributed by atoms with van der Waals surface area (Å²) in [7, 11) is -3.54. The predicted octanol–water partition coefficient (Wildman–Crippen LogP) is 2.64. The molecule has 20 heavy (non-hydrogen) atoms. The van der Waals surface area contributed by atoms with Crippen LogP contribution in [0.4, 0.5) is 0 Å². The van der Waals surface area contributed by atoms with Gasteiger partial charge >= 0.3 is 0 Å². The summed E-state index contributed by atoms with van der Waals surface area (Å²) in [5.41, 5.74) is 0. The fourth-order valence-electron chi connectivity index (χ4n) is 1.88. The maximum Gasteiger partial charge on any atom is 0.274 e. The van der Waals surface area contributed by atoms with Crippen molar-refractivity contribution in [3.05, 3.63) is 17.9 Å². The van der Waals surface area contributed by atoms with Crippen LogP contribution in [0.3, 0.4) is 0 Å². The Bertz CT molecular complexity index is 482. The van der Waals surface area contributed by atoms with E-state index in [2.05, 4.69) is 23.9 Å². The lowest BCUT2D eigenvalue weighted by atomic mass is 10.2. The molecule has 0 amide bonds. The van der Waals surface area contributed by atoms with Crippen LogP contribution < -0.4 is 10.0 Å². The maximum atomic E-state index is 12.1. The number of nitrogens with one attached hydrogen (secondary N) is 2. The molecule has 1 rings (SSSR count). The highest BCUT2D eigenvalue weighted by atomic mass is 32.2. The lowest BCUT2D eigenvalue weighted by Crippen LogP contribution is -2.32. The van der Waals surface area contributed by atoms with E-state index in [-0.39, 0.29) is 11.1 Å². The first kappa shape index (κ1) is 17.2. The Kier molecular flexibility index (Phi) is 7.26. The summed E-state index contributed by atoms with van der Waals surface area (Å²) in [6.45, 7) is 7.47. The van der Waals surface area contributed by atoms with E-state index in [0.29, 0.717) is 12.3 Å². The third kappa shape index (κ3) is 5.64. The van der Waals surface area contributed by atoms with Gasteiger partial charge in [-0.3, -0.25) is 0 Å². The molecule has 0 saturated heterocycles. The van der Waals surface area contributed by atoms with Crippen LogP contribution >= 0.6 is 0 Å². The molecule has 2 N–H and O–H groups in total. The van der Waals surface area contributed by atoms with Gasteiger partial charge in [0, 0.05) is 6.04 Å². The highest BCUT2D eigenvalue weighted by molar-refractivity contribution is 7.89. The van der Waals surface area contributed by atoms with Gasteiger partial charge in [0.25, 0.3) is 10.0 Å².